The van der Waals surface area contributed by atoms with Gasteiger partial charge in [0.25, 0.3) is 0 Å². The normalized spacial score (nSPS) is 12.8. The van der Waals surface area contributed by atoms with E-state index in [1.54, 1.807) is 0 Å². The van der Waals surface area contributed by atoms with Crippen molar-refractivity contribution in [2.45, 2.75) is 10.4 Å². The molecule has 0 aliphatic rings. The third-order valence-corrected chi connectivity index (χ3v) is 4.62. The predicted octanol–water partition coefficient (Wildman–Crippen LogP) is -1.26. The Balaban J connectivity index is 0.00000324. The smallest absolute Gasteiger partial charge is 0.424 e. The molecule has 0 saturated carbocycles. The van der Waals surface area contributed by atoms with Crippen LogP contribution in [0, 0.1) is 5.82 Å². The van der Waals surface area contributed by atoms with Crippen molar-refractivity contribution in [3.05, 3.63) is 34.2 Å². The van der Waals surface area contributed by atoms with Gasteiger partial charge in [-0.05, 0) is 24.3 Å². The minimum absolute atomic E-state index is 0. The summed E-state index contributed by atoms with van der Waals surface area (Å²) in [4.78, 5) is -0.864. The number of alkyl halides is 3. The molecular weight excluding hydrogens is 309 g/mol. The summed E-state index contributed by atoms with van der Waals surface area (Å²) in [5.74, 6) is -0.840. The maximum absolute atomic E-state index is 12.5. The Bertz CT molecular complexity index is 639. The van der Waals surface area contributed by atoms with E-state index in [2.05, 4.69) is 0 Å². The Morgan fingerprint density at radius 2 is 1.37 bits per heavy atom. The van der Waals surface area contributed by atoms with Gasteiger partial charge >= 0.3 is 24.4 Å². The van der Waals surface area contributed by atoms with Gasteiger partial charge in [0.2, 0.25) is 0 Å². The standard InChI is InChI=1S/C7H4F4NO4S2.Li/c8-5-1-3-6(4-2-5)17(13,14)12-18(15,16)7(9,10)11;/h1-4H;/q-1;+1. The first kappa shape index (κ1) is 18.4. The summed E-state index contributed by atoms with van der Waals surface area (Å²) in [7, 11) is -11.2. The number of hydrogen-bond acceptors (Lipinski definition) is 4. The van der Waals surface area contributed by atoms with Gasteiger partial charge in [-0.25, -0.2) is 21.2 Å². The molecule has 0 aliphatic carbocycles. The molecule has 0 amide bonds. The van der Waals surface area contributed by atoms with Crippen molar-refractivity contribution >= 4 is 20.0 Å². The first-order valence-corrected chi connectivity index (χ1v) is 6.90. The van der Waals surface area contributed by atoms with Crippen LogP contribution in [-0.4, -0.2) is 22.3 Å². The van der Waals surface area contributed by atoms with Crippen molar-refractivity contribution in [1.29, 1.82) is 0 Å². The number of sulfonamides is 2. The molecule has 12 heteroatoms. The summed E-state index contributed by atoms with van der Waals surface area (Å²) < 4.78 is 93.7. The largest absolute Gasteiger partial charge is 1.00 e. The third-order valence-electron chi connectivity index (χ3n) is 1.60. The van der Waals surface area contributed by atoms with Crippen LogP contribution >= 0.6 is 0 Å². The SMILES string of the molecule is O=S(=O)([N-]S(=O)(=O)C(F)(F)F)c1ccc(F)cc1.[Li+]. The van der Waals surface area contributed by atoms with Crippen LogP contribution in [0.3, 0.4) is 0 Å². The maximum atomic E-state index is 12.5. The molecule has 0 bridgehead atoms. The molecule has 1 aromatic rings. The summed E-state index contributed by atoms with van der Waals surface area (Å²) in [6.07, 6.45) is 0. The van der Waals surface area contributed by atoms with Gasteiger partial charge in [0.1, 0.15) is 15.8 Å². The number of benzene rings is 1. The summed E-state index contributed by atoms with van der Waals surface area (Å²) in [6.45, 7) is 0. The average molecular weight is 313 g/mol. The van der Waals surface area contributed by atoms with Crippen LogP contribution in [0.25, 0.3) is 4.13 Å². The van der Waals surface area contributed by atoms with E-state index in [1.807, 2.05) is 4.13 Å². The van der Waals surface area contributed by atoms with Crippen LogP contribution in [0.5, 0.6) is 0 Å². The Hall–Kier alpha value is -0.603. The Morgan fingerprint density at radius 3 is 1.74 bits per heavy atom. The number of nitrogens with zero attached hydrogens (tertiary/aromatic N) is 1. The number of hydrogen-bond donors (Lipinski definition) is 0. The van der Waals surface area contributed by atoms with E-state index in [4.69, 9.17) is 0 Å². The second-order valence-corrected chi connectivity index (χ2v) is 6.36. The molecular formula is C7H4F4LiNO4S2. The molecule has 19 heavy (non-hydrogen) atoms. The van der Waals surface area contributed by atoms with E-state index in [9.17, 15) is 34.4 Å². The Kier molecular flexibility index (Phi) is 5.62. The molecule has 0 saturated heterocycles. The maximum Gasteiger partial charge on any atom is 1.00 e. The fraction of sp³-hybridized carbons (Fsp3) is 0.143. The van der Waals surface area contributed by atoms with E-state index in [0.717, 1.165) is 0 Å². The second-order valence-electron chi connectivity index (χ2n) is 2.92. The zero-order valence-electron chi connectivity index (χ0n) is 9.22. The van der Waals surface area contributed by atoms with E-state index in [0.29, 0.717) is 24.3 Å². The number of rotatable bonds is 3. The summed E-state index contributed by atoms with van der Waals surface area (Å²) in [5, 5.41) is 0. The monoisotopic (exact) mass is 313 g/mol. The quantitative estimate of drug-likeness (QED) is 0.515. The molecule has 0 N–H and O–H groups in total. The zero-order chi connectivity index (χ0) is 14.2. The van der Waals surface area contributed by atoms with Crippen LogP contribution < -0.4 is 18.9 Å². The molecule has 0 spiro atoms. The van der Waals surface area contributed by atoms with Crippen molar-refractivity contribution < 1.29 is 53.3 Å². The summed E-state index contributed by atoms with van der Waals surface area (Å²) >= 11 is 0. The number of halogens is 4. The molecule has 0 aromatic heterocycles. The van der Waals surface area contributed by atoms with Crippen molar-refractivity contribution in [3.8, 4) is 0 Å². The van der Waals surface area contributed by atoms with Crippen LogP contribution in [0.4, 0.5) is 17.6 Å². The van der Waals surface area contributed by atoms with E-state index >= 15 is 0 Å². The van der Waals surface area contributed by atoms with Gasteiger partial charge in [-0.3, -0.25) is 0 Å². The van der Waals surface area contributed by atoms with Crippen LogP contribution in [-0.2, 0) is 20.0 Å². The fourth-order valence-electron chi connectivity index (χ4n) is 0.821. The van der Waals surface area contributed by atoms with Crippen molar-refractivity contribution in [2.75, 3.05) is 0 Å². The molecule has 1 rings (SSSR count). The molecule has 0 aliphatic heterocycles. The average Bonchev–Trinajstić information content (AvgIpc) is 2.14. The van der Waals surface area contributed by atoms with Gasteiger partial charge in [-0.15, -0.1) is 0 Å². The van der Waals surface area contributed by atoms with E-state index < -0.39 is 36.3 Å². The van der Waals surface area contributed by atoms with Crippen molar-refractivity contribution in [1.82, 2.24) is 0 Å². The topological polar surface area (TPSA) is 82.4 Å². The molecule has 0 fully saturated rings. The second kappa shape index (κ2) is 5.80. The molecule has 0 heterocycles. The van der Waals surface area contributed by atoms with Crippen molar-refractivity contribution in [2.24, 2.45) is 0 Å². The molecule has 1 aromatic carbocycles. The third kappa shape index (κ3) is 4.46. The predicted molar refractivity (Wildman–Crippen MR) is 51.9 cm³/mol. The minimum Gasteiger partial charge on any atom is -0.424 e. The molecule has 102 valence electrons. The van der Waals surface area contributed by atoms with E-state index in [-0.39, 0.29) is 18.9 Å². The van der Waals surface area contributed by atoms with Gasteiger partial charge in [-0.1, -0.05) is 0 Å². The van der Waals surface area contributed by atoms with Crippen LogP contribution in [0.2, 0.25) is 0 Å². The molecule has 0 atom stereocenters. The summed E-state index contributed by atoms with van der Waals surface area (Å²) in [6, 6.07) is 2.48. The van der Waals surface area contributed by atoms with Crippen LogP contribution in [0.15, 0.2) is 29.2 Å². The Labute approximate surface area is 118 Å². The van der Waals surface area contributed by atoms with Crippen molar-refractivity contribution in [3.63, 3.8) is 0 Å². The molecule has 0 radical (unpaired) electrons. The zero-order valence-corrected chi connectivity index (χ0v) is 10.9. The van der Waals surface area contributed by atoms with Gasteiger partial charge in [0.15, 0.2) is 10.0 Å². The molecule has 5 nitrogen and oxygen atoms in total. The first-order valence-electron chi connectivity index (χ1n) is 4.02. The van der Waals surface area contributed by atoms with Gasteiger partial charge in [0.05, 0.1) is 0 Å². The fourth-order valence-corrected chi connectivity index (χ4v) is 3.02. The van der Waals surface area contributed by atoms with E-state index in [1.165, 1.54) is 0 Å². The van der Waals surface area contributed by atoms with Gasteiger partial charge < -0.3 is 4.13 Å². The van der Waals surface area contributed by atoms with Crippen LogP contribution in [0.1, 0.15) is 0 Å². The summed E-state index contributed by atoms with van der Waals surface area (Å²) in [5.41, 5.74) is -5.82. The molecule has 0 unspecified atom stereocenters. The minimum atomic E-state index is -6.17. The van der Waals surface area contributed by atoms with Gasteiger partial charge in [-0.2, -0.15) is 13.2 Å². The Morgan fingerprint density at radius 1 is 0.947 bits per heavy atom. The first-order chi connectivity index (χ1) is 7.96. The van der Waals surface area contributed by atoms with Gasteiger partial charge in [0, 0.05) is 4.90 Å².